The Morgan fingerprint density at radius 1 is 1.09 bits per heavy atom. The molecule has 0 saturated carbocycles. The van der Waals surface area contributed by atoms with Gasteiger partial charge in [0.25, 0.3) is 5.97 Å². The Hall–Kier alpha value is -4.24. The van der Waals surface area contributed by atoms with Crippen LogP contribution in [-0.2, 0) is 4.79 Å². The van der Waals surface area contributed by atoms with Crippen LogP contribution in [0.25, 0.3) is 31.8 Å². The molecule has 0 spiro atoms. The SMILES string of the molecule is CC(=O)O.Nc1nccc(Nc2cc(-c3ccc(-c4ccccc4)s3)c3[nH]ncc3c2)n1. The maximum absolute atomic E-state index is 9.00. The van der Waals surface area contributed by atoms with E-state index in [0.29, 0.717) is 5.82 Å². The van der Waals surface area contributed by atoms with Crippen molar-refractivity contribution in [2.45, 2.75) is 6.92 Å². The minimum absolute atomic E-state index is 0.236. The molecular formula is C23H20N6O2S. The minimum Gasteiger partial charge on any atom is -0.481 e. The first-order valence-electron chi connectivity index (χ1n) is 9.67. The van der Waals surface area contributed by atoms with E-state index in [9.17, 15) is 0 Å². The van der Waals surface area contributed by atoms with E-state index in [1.807, 2.05) is 18.3 Å². The summed E-state index contributed by atoms with van der Waals surface area (Å²) in [6.45, 7) is 1.08. The van der Waals surface area contributed by atoms with Gasteiger partial charge in [0.2, 0.25) is 5.95 Å². The molecule has 0 saturated heterocycles. The summed E-state index contributed by atoms with van der Waals surface area (Å²) in [4.78, 5) is 19.5. The summed E-state index contributed by atoms with van der Waals surface area (Å²) in [7, 11) is 0. The molecule has 3 aromatic heterocycles. The van der Waals surface area contributed by atoms with Crippen LogP contribution in [0.15, 0.2) is 73.1 Å². The first-order valence-corrected chi connectivity index (χ1v) is 10.5. The number of carbonyl (C=O) groups is 1. The van der Waals surface area contributed by atoms with Crippen molar-refractivity contribution in [1.29, 1.82) is 0 Å². The van der Waals surface area contributed by atoms with Crippen molar-refractivity contribution in [3.8, 4) is 20.9 Å². The molecule has 5 N–H and O–H groups in total. The molecule has 0 bridgehead atoms. The standard InChI is InChI=1S/C21H16N6S.C2H4O2/c22-21-23-9-8-19(26-21)25-15-10-14-12-24-27-20(14)16(11-15)18-7-6-17(28-18)13-4-2-1-3-5-13;1-2(3)4/h1-12H,(H,24,27)(H3,22,23,25,26);1H3,(H,3,4). The van der Waals surface area contributed by atoms with Gasteiger partial charge in [0.05, 0.1) is 11.7 Å². The lowest BCUT2D eigenvalue weighted by atomic mass is 10.1. The average Bonchev–Trinajstić information content (AvgIpc) is 3.43. The van der Waals surface area contributed by atoms with Gasteiger partial charge in [-0.05, 0) is 35.9 Å². The number of hydrogen-bond acceptors (Lipinski definition) is 7. The van der Waals surface area contributed by atoms with E-state index in [2.05, 4.69) is 67.9 Å². The van der Waals surface area contributed by atoms with Gasteiger partial charge in [0, 0.05) is 39.5 Å². The lowest BCUT2D eigenvalue weighted by Gasteiger charge is -2.09. The molecule has 3 heterocycles. The van der Waals surface area contributed by atoms with E-state index in [1.165, 1.54) is 15.3 Å². The number of aromatic amines is 1. The van der Waals surface area contributed by atoms with Crippen LogP contribution in [0.5, 0.6) is 0 Å². The third-order valence-corrected chi connectivity index (χ3v) is 5.59. The highest BCUT2D eigenvalue weighted by Crippen LogP contribution is 2.38. The summed E-state index contributed by atoms with van der Waals surface area (Å²) in [5.74, 6) is 0.0535. The van der Waals surface area contributed by atoms with E-state index >= 15 is 0 Å². The molecule has 160 valence electrons. The Morgan fingerprint density at radius 3 is 2.59 bits per heavy atom. The fourth-order valence-corrected chi connectivity index (χ4v) is 4.19. The topological polar surface area (TPSA) is 130 Å². The Kier molecular flexibility index (Phi) is 6.09. The number of nitrogens with zero attached hydrogens (tertiary/aromatic N) is 3. The zero-order valence-electron chi connectivity index (χ0n) is 17.1. The number of carboxylic acid groups (broad SMARTS) is 1. The first-order chi connectivity index (χ1) is 15.5. The predicted octanol–water partition coefficient (Wildman–Crippen LogP) is 5.17. The Morgan fingerprint density at radius 2 is 1.84 bits per heavy atom. The number of anilines is 3. The molecule has 0 amide bonds. The van der Waals surface area contributed by atoms with E-state index in [4.69, 9.17) is 15.6 Å². The van der Waals surface area contributed by atoms with Gasteiger partial charge < -0.3 is 16.2 Å². The summed E-state index contributed by atoms with van der Waals surface area (Å²) in [6.07, 6.45) is 3.46. The molecule has 0 unspecified atom stereocenters. The quantitative estimate of drug-likeness (QED) is 0.301. The van der Waals surface area contributed by atoms with Crippen LogP contribution >= 0.6 is 11.3 Å². The van der Waals surface area contributed by atoms with Gasteiger partial charge in [-0.1, -0.05) is 30.3 Å². The summed E-state index contributed by atoms with van der Waals surface area (Å²) in [5.41, 5.74) is 9.91. The number of fused-ring (bicyclic) bond motifs is 1. The number of aromatic nitrogens is 4. The van der Waals surface area contributed by atoms with Crippen molar-refractivity contribution >= 4 is 45.7 Å². The second-order valence-corrected chi connectivity index (χ2v) is 7.92. The van der Waals surface area contributed by atoms with E-state index in [0.717, 1.165) is 29.1 Å². The van der Waals surface area contributed by atoms with Crippen LogP contribution < -0.4 is 11.1 Å². The van der Waals surface area contributed by atoms with Crippen LogP contribution in [0.4, 0.5) is 17.5 Å². The second-order valence-electron chi connectivity index (χ2n) is 6.83. The molecule has 2 aromatic carbocycles. The van der Waals surface area contributed by atoms with Gasteiger partial charge >= 0.3 is 0 Å². The fourth-order valence-electron chi connectivity index (χ4n) is 3.16. The lowest BCUT2D eigenvalue weighted by Crippen LogP contribution is -1.99. The second kappa shape index (κ2) is 9.27. The molecule has 5 rings (SSSR count). The molecule has 5 aromatic rings. The van der Waals surface area contributed by atoms with Crippen LogP contribution in [0.3, 0.4) is 0 Å². The number of hydrogen-bond donors (Lipinski definition) is 4. The van der Waals surface area contributed by atoms with Gasteiger partial charge in [0.1, 0.15) is 5.82 Å². The predicted molar refractivity (Wildman–Crippen MR) is 128 cm³/mol. The molecular weight excluding hydrogens is 424 g/mol. The van der Waals surface area contributed by atoms with E-state index in [-0.39, 0.29) is 5.95 Å². The summed E-state index contributed by atoms with van der Waals surface area (Å²) < 4.78 is 0. The van der Waals surface area contributed by atoms with E-state index in [1.54, 1.807) is 23.6 Å². The molecule has 0 fully saturated rings. The fraction of sp³-hybridized carbons (Fsp3) is 0.0435. The molecule has 0 aliphatic carbocycles. The summed E-state index contributed by atoms with van der Waals surface area (Å²) in [6, 6.07) is 20.6. The number of nitrogens with two attached hydrogens (primary N) is 1. The smallest absolute Gasteiger partial charge is 0.300 e. The van der Waals surface area contributed by atoms with Crippen LogP contribution in [0, 0.1) is 0 Å². The van der Waals surface area contributed by atoms with E-state index < -0.39 is 5.97 Å². The number of carboxylic acids is 1. The maximum Gasteiger partial charge on any atom is 0.300 e. The molecule has 32 heavy (non-hydrogen) atoms. The van der Waals surface area contributed by atoms with Crippen molar-refractivity contribution in [1.82, 2.24) is 20.2 Å². The number of rotatable bonds is 4. The molecule has 0 radical (unpaired) electrons. The number of benzene rings is 2. The molecule has 8 nitrogen and oxygen atoms in total. The molecule has 0 aliphatic heterocycles. The Balaban J connectivity index is 0.000000567. The van der Waals surface area contributed by atoms with Crippen molar-refractivity contribution in [2.75, 3.05) is 11.1 Å². The summed E-state index contributed by atoms with van der Waals surface area (Å²) >= 11 is 1.75. The van der Waals surface area contributed by atoms with Crippen molar-refractivity contribution in [3.63, 3.8) is 0 Å². The van der Waals surface area contributed by atoms with Crippen molar-refractivity contribution in [3.05, 3.63) is 73.1 Å². The van der Waals surface area contributed by atoms with Crippen molar-refractivity contribution < 1.29 is 9.90 Å². The van der Waals surface area contributed by atoms with Gasteiger partial charge in [-0.15, -0.1) is 11.3 Å². The van der Waals surface area contributed by atoms with Gasteiger partial charge in [-0.2, -0.15) is 10.1 Å². The van der Waals surface area contributed by atoms with Gasteiger partial charge in [0.15, 0.2) is 0 Å². The molecule has 0 aliphatic rings. The third kappa shape index (κ3) is 4.90. The zero-order valence-corrected chi connectivity index (χ0v) is 17.9. The Labute approximate surface area is 187 Å². The largest absolute Gasteiger partial charge is 0.481 e. The average molecular weight is 445 g/mol. The van der Waals surface area contributed by atoms with Crippen LogP contribution in [-0.4, -0.2) is 31.2 Å². The number of H-pyrrole nitrogens is 1. The lowest BCUT2D eigenvalue weighted by molar-refractivity contribution is -0.134. The highest BCUT2D eigenvalue weighted by atomic mass is 32.1. The zero-order chi connectivity index (χ0) is 22.5. The highest BCUT2D eigenvalue weighted by Gasteiger charge is 2.12. The number of thiophene rings is 1. The van der Waals surface area contributed by atoms with Gasteiger partial charge in [-0.3, -0.25) is 9.89 Å². The Bertz CT molecular complexity index is 1360. The number of aliphatic carboxylic acids is 1. The first kappa shape index (κ1) is 21.0. The van der Waals surface area contributed by atoms with Crippen LogP contribution in [0.2, 0.25) is 0 Å². The number of nitrogens with one attached hydrogen (secondary N) is 2. The molecule has 9 heteroatoms. The maximum atomic E-state index is 9.00. The monoisotopic (exact) mass is 444 g/mol. The minimum atomic E-state index is -0.833. The highest BCUT2D eigenvalue weighted by molar-refractivity contribution is 7.18. The third-order valence-electron chi connectivity index (χ3n) is 4.43. The van der Waals surface area contributed by atoms with Gasteiger partial charge in [-0.25, -0.2) is 4.98 Å². The normalized spacial score (nSPS) is 10.4. The molecule has 0 atom stereocenters. The summed E-state index contributed by atoms with van der Waals surface area (Å²) in [5, 5.41) is 19.1. The van der Waals surface area contributed by atoms with Crippen LogP contribution in [0.1, 0.15) is 6.92 Å². The van der Waals surface area contributed by atoms with Crippen molar-refractivity contribution in [2.24, 2.45) is 0 Å². The number of nitrogen functional groups attached to an aromatic ring is 1.